The molecule has 2 N–H and O–H groups in total. The molecule has 4 rings (SSSR count). The summed E-state index contributed by atoms with van der Waals surface area (Å²) < 4.78 is 22.3. The molecule has 0 spiro atoms. The van der Waals surface area contributed by atoms with Crippen LogP contribution in [0.3, 0.4) is 0 Å². The molecule has 0 saturated carbocycles. The maximum atomic E-state index is 13.7. The molecular formula is C28H34N2O5S. The van der Waals surface area contributed by atoms with Crippen LogP contribution in [0.2, 0.25) is 0 Å². The summed E-state index contributed by atoms with van der Waals surface area (Å²) in [6.07, 6.45) is 2.95. The molecule has 1 aromatic heterocycles. The first-order valence-electron chi connectivity index (χ1n) is 12.2. The lowest BCUT2D eigenvalue weighted by Gasteiger charge is -2.19. The van der Waals surface area contributed by atoms with Crippen LogP contribution in [0.15, 0.2) is 36.4 Å². The minimum absolute atomic E-state index is 0.129. The average Bonchev–Trinajstić information content (AvgIpc) is 3.25. The largest absolute Gasteiger partial charge is 0.493 e. The lowest BCUT2D eigenvalue weighted by atomic mass is 9.88. The van der Waals surface area contributed by atoms with Crippen LogP contribution in [0.1, 0.15) is 46.6 Å². The van der Waals surface area contributed by atoms with Crippen LogP contribution in [0.5, 0.6) is 23.0 Å². The Bertz CT molecular complexity index is 1220. The van der Waals surface area contributed by atoms with Gasteiger partial charge in [-0.05, 0) is 61.9 Å². The van der Waals surface area contributed by atoms with Crippen molar-refractivity contribution in [1.82, 2.24) is 0 Å². The van der Waals surface area contributed by atoms with Crippen LogP contribution in [0.25, 0.3) is 0 Å². The third-order valence-electron chi connectivity index (χ3n) is 6.40. The zero-order valence-electron chi connectivity index (χ0n) is 21.5. The molecule has 1 amide bonds. The molecule has 3 aromatic rings. The summed E-state index contributed by atoms with van der Waals surface area (Å²) in [5.41, 5.74) is 3.43. The van der Waals surface area contributed by atoms with E-state index in [1.54, 1.807) is 32.7 Å². The first-order valence-corrected chi connectivity index (χ1v) is 13.0. The standard InChI is InChI=1S/C28H34N2O5S/c1-6-35-21-10-8-7-9-20(21)30-27(31)24-19-13-11-17(2)15-23(19)36-28(24)29-16-18-12-14-22(32-3)26(34-5)25(18)33-4/h7-10,12,14,17,29H,6,11,13,15-16H2,1-5H3,(H,30,31)/t17-/m1/s1. The molecule has 0 radical (unpaired) electrons. The number of hydrogen-bond donors (Lipinski definition) is 2. The van der Waals surface area contributed by atoms with Crippen molar-refractivity contribution in [3.05, 3.63) is 58.0 Å². The van der Waals surface area contributed by atoms with Crippen molar-refractivity contribution < 1.29 is 23.7 Å². The maximum absolute atomic E-state index is 13.7. The number of nitrogens with one attached hydrogen (secondary N) is 2. The fourth-order valence-corrected chi connectivity index (χ4v) is 6.03. The zero-order chi connectivity index (χ0) is 25.7. The monoisotopic (exact) mass is 510 g/mol. The van der Waals surface area contributed by atoms with Crippen molar-refractivity contribution in [2.45, 2.75) is 39.7 Å². The first-order chi connectivity index (χ1) is 17.5. The molecule has 0 saturated heterocycles. The minimum Gasteiger partial charge on any atom is -0.493 e. The second-order valence-corrected chi connectivity index (χ2v) is 9.89. The second-order valence-electron chi connectivity index (χ2n) is 8.79. The van der Waals surface area contributed by atoms with Gasteiger partial charge in [0, 0.05) is 17.0 Å². The van der Waals surface area contributed by atoms with Crippen LogP contribution in [0, 0.1) is 5.92 Å². The molecule has 0 unspecified atom stereocenters. The third kappa shape index (κ3) is 5.23. The Morgan fingerprint density at radius 2 is 1.81 bits per heavy atom. The fourth-order valence-electron chi connectivity index (χ4n) is 4.63. The number of thiophene rings is 1. The molecule has 1 aliphatic rings. The Hall–Kier alpha value is -3.39. The Morgan fingerprint density at radius 3 is 2.53 bits per heavy atom. The van der Waals surface area contributed by atoms with E-state index >= 15 is 0 Å². The highest BCUT2D eigenvalue weighted by Gasteiger charge is 2.28. The molecule has 1 heterocycles. The van der Waals surface area contributed by atoms with E-state index in [0.29, 0.717) is 53.3 Å². The highest BCUT2D eigenvalue weighted by molar-refractivity contribution is 7.16. The van der Waals surface area contributed by atoms with Gasteiger partial charge < -0.3 is 29.6 Å². The molecular weight excluding hydrogens is 476 g/mol. The van der Waals surface area contributed by atoms with E-state index in [1.165, 1.54) is 4.88 Å². The number of ether oxygens (including phenoxy) is 4. The van der Waals surface area contributed by atoms with E-state index in [0.717, 1.165) is 35.4 Å². The lowest BCUT2D eigenvalue weighted by Crippen LogP contribution is -2.18. The quantitative estimate of drug-likeness (QED) is 0.340. The van der Waals surface area contributed by atoms with Crippen LogP contribution in [0.4, 0.5) is 10.7 Å². The number of benzene rings is 2. The van der Waals surface area contributed by atoms with Gasteiger partial charge >= 0.3 is 0 Å². The molecule has 1 atom stereocenters. The SMILES string of the molecule is CCOc1ccccc1NC(=O)c1c(NCc2ccc(OC)c(OC)c2OC)sc2c1CC[C@@H](C)C2. The summed E-state index contributed by atoms with van der Waals surface area (Å²) in [6.45, 7) is 5.19. The number of hydrogen-bond acceptors (Lipinski definition) is 7. The predicted molar refractivity (Wildman–Crippen MR) is 144 cm³/mol. The minimum atomic E-state index is -0.129. The first kappa shape index (κ1) is 25.7. The van der Waals surface area contributed by atoms with Gasteiger partial charge in [-0.15, -0.1) is 11.3 Å². The highest BCUT2D eigenvalue weighted by atomic mass is 32.1. The number of rotatable bonds is 10. The second kappa shape index (κ2) is 11.6. The molecule has 1 aliphatic carbocycles. The van der Waals surface area contributed by atoms with Gasteiger partial charge in [0.05, 0.1) is 39.2 Å². The van der Waals surface area contributed by atoms with E-state index in [1.807, 2.05) is 43.3 Å². The number of amides is 1. The normalized spacial score (nSPS) is 14.5. The van der Waals surface area contributed by atoms with Crippen LogP contribution in [-0.4, -0.2) is 33.8 Å². The number of methoxy groups -OCH3 is 3. The maximum Gasteiger partial charge on any atom is 0.259 e. The van der Waals surface area contributed by atoms with Crippen molar-refractivity contribution in [3.63, 3.8) is 0 Å². The van der Waals surface area contributed by atoms with E-state index in [-0.39, 0.29) is 5.91 Å². The Labute approximate surface area is 216 Å². The number of carbonyl (C=O) groups is 1. The predicted octanol–water partition coefficient (Wildman–Crippen LogP) is 6.16. The highest BCUT2D eigenvalue weighted by Crippen LogP contribution is 2.43. The number of carbonyl (C=O) groups excluding carboxylic acids is 1. The van der Waals surface area contributed by atoms with Crippen molar-refractivity contribution in [1.29, 1.82) is 0 Å². The van der Waals surface area contributed by atoms with Crippen LogP contribution < -0.4 is 29.6 Å². The molecule has 7 nitrogen and oxygen atoms in total. The van der Waals surface area contributed by atoms with E-state index in [4.69, 9.17) is 18.9 Å². The van der Waals surface area contributed by atoms with Gasteiger partial charge in [-0.2, -0.15) is 0 Å². The summed E-state index contributed by atoms with van der Waals surface area (Å²) in [5.74, 6) is 2.89. The number of para-hydroxylation sites is 2. The van der Waals surface area contributed by atoms with Gasteiger partial charge in [-0.1, -0.05) is 19.1 Å². The van der Waals surface area contributed by atoms with Crippen molar-refractivity contribution in [2.24, 2.45) is 5.92 Å². The van der Waals surface area contributed by atoms with E-state index in [9.17, 15) is 4.79 Å². The van der Waals surface area contributed by atoms with E-state index in [2.05, 4.69) is 17.6 Å². The van der Waals surface area contributed by atoms with Crippen molar-refractivity contribution >= 4 is 27.9 Å². The molecule has 36 heavy (non-hydrogen) atoms. The van der Waals surface area contributed by atoms with Gasteiger partial charge in [0.15, 0.2) is 11.5 Å². The number of anilines is 2. The van der Waals surface area contributed by atoms with Crippen LogP contribution >= 0.6 is 11.3 Å². The molecule has 2 aromatic carbocycles. The summed E-state index contributed by atoms with van der Waals surface area (Å²) in [6, 6.07) is 11.3. The summed E-state index contributed by atoms with van der Waals surface area (Å²) >= 11 is 1.67. The number of fused-ring (bicyclic) bond motifs is 1. The summed E-state index contributed by atoms with van der Waals surface area (Å²) in [5, 5.41) is 7.48. The van der Waals surface area contributed by atoms with Crippen molar-refractivity contribution in [3.8, 4) is 23.0 Å². The lowest BCUT2D eigenvalue weighted by molar-refractivity contribution is 0.102. The van der Waals surface area contributed by atoms with Gasteiger partial charge in [-0.3, -0.25) is 4.79 Å². The van der Waals surface area contributed by atoms with Gasteiger partial charge in [0.2, 0.25) is 5.75 Å². The van der Waals surface area contributed by atoms with E-state index < -0.39 is 0 Å². The smallest absolute Gasteiger partial charge is 0.259 e. The molecule has 0 bridgehead atoms. The molecule has 0 aliphatic heterocycles. The topological polar surface area (TPSA) is 78.1 Å². The fraction of sp³-hybridized carbons (Fsp3) is 0.393. The van der Waals surface area contributed by atoms with Gasteiger partial charge in [0.25, 0.3) is 5.91 Å². The van der Waals surface area contributed by atoms with Crippen LogP contribution in [-0.2, 0) is 19.4 Å². The Morgan fingerprint density at radius 1 is 1.03 bits per heavy atom. The van der Waals surface area contributed by atoms with Crippen molar-refractivity contribution in [2.75, 3.05) is 38.6 Å². The molecule has 192 valence electrons. The summed E-state index contributed by atoms with van der Waals surface area (Å²) in [7, 11) is 4.80. The van der Waals surface area contributed by atoms with Gasteiger partial charge in [0.1, 0.15) is 10.8 Å². The average molecular weight is 511 g/mol. The Balaban J connectivity index is 1.66. The van der Waals surface area contributed by atoms with Gasteiger partial charge in [-0.25, -0.2) is 0 Å². The summed E-state index contributed by atoms with van der Waals surface area (Å²) in [4.78, 5) is 14.9. The third-order valence-corrected chi connectivity index (χ3v) is 7.61. The Kier molecular flexibility index (Phi) is 8.25. The molecule has 8 heteroatoms. The zero-order valence-corrected chi connectivity index (χ0v) is 22.3. The molecule has 0 fully saturated rings.